The van der Waals surface area contributed by atoms with Crippen molar-refractivity contribution in [3.05, 3.63) is 48.6 Å². The highest BCUT2D eigenvalue weighted by Gasteiger charge is 2.22. The molecule has 0 aromatic carbocycles. The molecule has 5 nitrogen and oxygen atoms in total. The summed E-state index contributed by atoms with van der Waals surface area (Å²) in [6.45, 7) is 16.6. The van der Waals surface area contributed by atoms with Crippen LogP contribution in [0.25, 0.3) is 0 Å². The van der Waals surface area contributed by atoms with Gasteiger partial charge in [-0.3, -0.25) is 0 Å². The Balaban J connectivity index is 4.49. The summed E-state index contributed by atoms with van der Waals surface area (Å²) in [5.74, 6) is 0.739. The molecule has 2 atom stereocenters. The molecule has 0 fully saturated rings. The van der Waals surface area contributed by atoms with Gasteiger partial charge in [-0.05, 0) is 136 Å². The molecule has 1 N–H and O–H groups in total. The predicted molar refractivity (Wildman–Crippen MR) is 246 cm³/mol. The van der Waals surface area contributed by atoms with Gasteiger partial charge in [0.2, 0.25) is 0 Å². The van der Waals surface area contributed by atoms with E-state index >= 15 is 0 Å². The normalized spacial score (nSPS) is 13.9. The molecule has 5 heteroatoms. The maximum Gasteiger partial charge on any atom is 0.407 e. The highest BCUT2D eigenvalue weighted by Crippen LogP contribution is 2.21. The van der Waals surface area contributed by atoms with Gasteiger partial charge in [0.15, 0.2) is 0 Å². The number of amides is 1. The van der Waals surface area contributed by atoms with Crippen molar-refractivity contribution in [1.82, 2.24) is 5.32 Å². The second-order valence-electron chi connectivity index (χ2n) is 17.8. The number of hydrogen-bond acceptors (Lipinski definition) is 4. The number of allylic oxidation sites excluding steroid dienone is 8. The topological polar surface area (TPSA) is 56.8 Å². The first kappa shape index (κ1) is 54.2. The highest BCUT2D eigenvalue weighted by atomic mass is 16.6. The molecule has 0 rings (SSSR count). The van der Waals surface area contributed by atoms with E-state index < -0.39 is 0 Å². The van der Waals surface area contributed by atoms with E-state index in [0.717, 1.165) is 63.7 Å². The van der Waals surface area contributed by atoms with Crippen LogP contribution in [0.5, 0.6) is 0 Å². The Morgan fingerprint density at radius 1 is 0.571 bits per heavy atom. The van der Waals surface area contributed by atoms with Crippen molar-refractivity contribution in [2.75, 3.05) is 20.3 Å². The number of unbranched alkanes of at least 4 members (excludes halogenated alkanes) is 15. The lowest BCUT2D eigenvalue weighted by atomic mass is 9.98. The van der Waals surface area contributed by atoms with Crippen molar-refractivity contribution in [1.29, 1.82) is 0 Å². The van der Waals surface area contributed by atoms with E-state index in [0.29, 0.717) is 13.2 Å². The van der Waals surface area contributed by atoms with E-state index in [1.807, 2.05) is 0 Å². The van der Waals surface area contributed by atoms with E-state index in [2.05, 4.69) is 102 Å². The maximum absolute atomic E-state index is 12.9. The second kappa shape index (κ2) is 38.7. The first-order valence-electron chi connectivity index (χ1n) is 23.8. The predicted octanol–water partition coefficient (Wildman–Crippen LogP) is 16.1. The van der Waals surface area contributed by atoms with Gasteiger partial charge in [0.1, 0.15) is 6.10 Å². The molecule has 0 aromatic rings. The molecular formula is C51H95NO4. The summed E-state index contributed by atoms with van der Waals surface area (Å²) in [6.07, 6.45) is 51.5. The Kier molecular flexibility index (Phi) is 37.4. The summed E-state index contributed by atoms with van der Waals surface area (Å²) in [5, 5.41) is 3.04. The van der Waals surface area contributed by atoms with Crippen molar-refractivity contribution in [3.63, 3.8) is 0 Å². The number of rotatable bonds is 40. The van der Waals surface area contributed by atoms with E-state index in [1.165, 1.54) is 122 Å². The fraction of sp³-hybridized carbons (Fsp3) is 0.824. The molecule has 0 aliphatic carbocycles. The van der Waals surface area contributed by atoms with Gasteiger partial charge < -0.3 is 19.5 Å². The number of methoxy groups -OCH3 is 1. The number of carbonyl (C=O) groups is 1. The van der Waals surface area contributed by atoms with Crippen LogP contribution >= 0.6 is 0 Å². The molecule has 0 heterocycles. The molecule has 0 spiro atoms. The fourth-order valence-electron chi connectivity index (χ4n) is 6.83. The van der Waals surface area contributed by atoms with Gasteiger partial charge in [-0.1, -0.05) is 146 Å². The van der Waals surface area contributed by atoms with Gasteiger partial charge in [-0.2, -0.15) is 0 Å². The average Bonchev–Trinajstić information content (AvgIpc) is 3.16. The summed E-state index contributed by atoms with van der Waals surface area (Å²) < 4.78 is 17.7. The third kappa shape index (κ3) is 39.0. The molecular weight excluding hydrogens is 691 g/mol. The second-order valence-corrected chi connectivity index (χ2v) is 17.8. The summed E-state index contributed by atoms with van der Waals surface area (Å²) in [6, 6.07) is 0. The lowest BCUT2D eigenvalue weighted by Crippen LogP contribution is -2.33. The number of carbonyl (C=O) groups excluding carboxylic acids is 1. The minimum absolute atomic E-state index is 0.00880. The van der Waals surface area contributed by atoms with E-state index in [9.17, 15) is 4.79 Å². The van der Waals surface area contributed by atoms with Gasteiger partial charge in [0, 0.05) is 13.7 Å². The molecule has 0 radical (unpaired) electrons. The number of ether oxygens (including phenoxy) is 3. The Hall–Kier alpha value is -1.85. The molecule has 0 bridgehead atoms. The number of alkyl carbamates (subject to hydrolysis) is 1. The molecule has 0 saturated heterocycles. The molecule has 2 unspecified atom stereocenters. The van der Waals surface area contributed by atoms with Crippen molar-refractivity contribution in [2.24, 2.45) is 5.92 Å². The Morgan fingerprint density at radius 3 is 1.59 bits per heavy atom. The average molecular weight is 786 g/mol. The monoisotopic (exact) mass is 786 g/mol. The van der Waals surface area contributed by atoms with Crippen molar-refractivity contribution < 1.29 is 19.0 Å². The SMILES string of the molecule is CCCCCC=CCC=CCCCCCCCCC(CCCCCCC(C)CC=CCC=CCCCCC)OC(=O)NCCCC(C)(C)OCCC(C)(C)OC. The fourth-order valence-corrected chi connectivity index (χ4v) is 6.83. The Morgan fingerprint density at radius 2 is 1.05 bits per heavy atom. The van der Waals surface area contributed by atoms with E-state index in [4.69, 9.17) is 14.2 Å². The Labute approximate surface area is 349 Å². The lowest BCUT2D eigenvalue weighted by molar-refractivity contribution is -0.0617. The molecule has 0 aromatic heterocycles. The van der Waals surface area contributed by atoms with Gasteiger partial charge in [-0.15, -0.1) is 0 Å². The molecule has 0 saturated carbocycles. The molecule has 0 aliphatic heterocycles. The summed E-state index contributed by atoms with van der Waals surface area (Å²) in [5.41, 5.74) is -0.417. The van der Waals surface area contributed by atoms with E-state index in [1.54, 1.807) is 7.11 Å². The number of hydrogen-bond donors (Lipinski definition) is 1. The third-order valence-electron chi connectivity index (χ3n) is 11.1. The van der Waals surface area contributed by atoms with Crippen molar-refractivity contribution >= 4 is 6.09 Å². The van der Waals surface area contributed by atoms with Crippen LogP contribution in [0, 0.1) is 5.92 Å². The summed E-state index contributed by atoms with van der Waals surface area (Å²) >= 11 is 0. The third-order valence-corrected chi connectivity index (χ3v) is 11.1. The largest absolute Gasteiger partial charge is 0.446 e. The zero-order chi connectivity index (χ0) is 41.4. The lowest BCUT2D eigenvalue weighted by Gasteiger charge is -2.29. The van der Waals surface area contributed by atoms with Crippen molar-refractivity contribution in [3.8, 4) is 0 Å². The smallest absolute Gasteiger partial charge is 0.407 e. The quantitative estimate of drug-likeness (QED) is 0.0496. The summed E-state index contributed by atoms with van der Waals surface area (Å²) in [7, 11) is 1.75. The van der Waals surface area contributed by atoms with Crippen LogP contribution in [0.3, 0.4) is 0 Å². The highest BCUT2D eigenvalue weighted by molar-refractivity contribution is 5.67. The molecule has 56 heavy (non-hydrogen) atoms. The minimum Gasteiger partial charge on any atom is -0.446 e. The van der Waals surface area contributed by atoms with Crippen LogP contribution in [0.15, 0.2) is 48.6 Å². The Bertz CT molecular complexity index is 980. The molecule has 0 aliphatic rings. The standard InChI is InChI=1S/C51H95NO4/c1-9-11-13-15-17-19-20-21-22-23-24-25-27-29-31-36-41-48(56-49(53)52-45-38-43-51(6,7)55-46-44-50(4,5)54-8)42-37-33-32-35-40-47(3)39-34-30-28-26-18-16-14-12-10-2/h17-19,21-22,26,30,34,47-48H,9-16,20,23-25,27-29,31-33,35-46H2,1-8H3,(H,52,53). The first-order valence-corrected chi connectivity index (χ1v) is 23.8. The van der Waals surface area contributed by atoms with Crippen LogP contribution in [0.4, 0.5) is 4.79 Å². The van der Waals surface area contributed by atoms with Gasteiger partial charge in [0.25, 0.3) is 0 Å². The van der Waals surface area contributed by atoms with Gasteiger partial charge in [0.05, 0.1) is 17.8 Å². The van der Waals surface area contributed by atoms with E-state index in [-0.39, 0.29) is 23.4 Å². The molecule has 328 valence electrons. The van der Waals surface area contributed by atoms with Gasteiger partial charge in [-0.25, -0.2) is 4.79 Å². The molecule has 1 amide bonds. The van der Waals surface area contributed by atoms with Crippen LogP contribution < -0.4 is 5.32 Å². The number of nitrogens with one attached hydrogen (secondary N) is 1. The van der Waals surface area contributed by atoms with Gasteiger partial charge >= 0.3 is 6.09 Å². The zero-order valence-electron chi connectivity index (χ0n) is 38.6. The van der Waals surface area contributed by atoms with Crippen molar-refractivity contribution in [2.45, 2.75) is 246 Å². The first-order chi connectivity index (χ1) is 27.0. The van der Waals surface area contributed by atoms with Crippen LogP contribution in [-0.2, 0) is 14.2 Å². The summed E-state index contributed by atoms with van der Waals surface area (Å²) in [4.78, 5) is 12.9. The van der Waals surface area contributed by atoms with Crippen LogP contribution in [0.1, 0.15) is 228 Å². The van der Waals surface area contributed by atoms with Crippen LogP contribution in [-0.4, -0.2) is 43.7 Å². The minimum atomic E-state index is -0.260. The maximum atomic E-state index is 12.9. The van der Waals surface area contributed by atoms with Crippen LogP contribution in [0.2, 0.25) is 0 Å². The zero-order valence-corrected chi connectivity index (χ0v) is 38.6.